The van der Waals surface area contributed by atoms with Crippen molar-refractivity contribution in [1.29, 1.82) is 0 Å². The van der Waals surface area contributed by atoms with Crippen LogP contribution in [0.15, 0.2) is 0 Å². The minimum atomic E-state index is 0.228. The Hall–Kier alpha value is -1.18. The van der Waals surface area contributed by atoms with Crippen LogP contribution in [0.25, 0.3) is 0 Å². The molecule has 0 aromatic heterocycles. The van der Waals surface area contributed by atoms with Gasteiger partial charge in [0, 0.05) is 58.2 Å². The zero-order valence-corrected chi connectivity index (χ0v) is 15.4. The highest BCUT2D eigenvalue weighted by Crippen LogP contribution is 2.31. The lowest BCUT2D eigenvalue weighted by molar-refractivity contribution is -0.183. The van der Waals surface area contributed by atoms with E-state index in [0.717, 1.165) is 65.0 Å². The third kappa shape index (κ3) is 4.71. The van der Waals surface area contributed by atoms with Gasteiger partial charge in [-0.2, -0.15) is 5.06 Å². The van der Waals surface area contributed by atoms with Crippen molar-refractivity contribution < 1.29 is 14.4 Å². The number of carbonyl (C=O) groups is 2. The van der Waals surface area contributed by atoms with Crippen LogP contribution in [-0.2, 0) is 14.4 Å². The van der Waals surface area contributed by atoms with Crippen LogP contribution in [0.5, 0.6) is 0 Å². The number of fused-ring (bicyclic) bond motifs is 1. The molecule has 0 spiro atoms. The van der Waals surface area contributed by atoms with E-state index >= 15 is 0 Å². The van der Waals surface area contributed by atoms with Crippen molar-refractivity contribution in [3.05, 3.63) is 0 Å². The Morgan fingerprint density at radius 2 is 2.12 bits per heavy atom. The van der Waals surface area contributed by atoms with Crippen molar-refractivity contribution >= 4 is 11.8 Å². The minimum Gasteiger partial charge on any atom is -0.342 e. The Balaban J connectivity index is 1.48. The number of carbonyl (C=O) groups excluding carboxylic acids is 2. The minimum absolute atomic E-state index is 0.228. The number of rotatable bonds is 6. The van der Waals surface area contributed by atoms with E-state index in [1.165, 1.54) is 0 Å². The van der Waals surface area contributed by atoms with Gasteiger partial charge in [-0.3, -0.25) is 14.4 Å². The molecule has 3 aliphatic heterocycles. The number of hydroxylamine groups is 2. The molecule has 3 heterocycles. The Morgan fingerprint density at radius 1 is 1.24 bits per heavy atom. The SMILES string of the molecule is CNCCN1C(=O)CC[C@H]2CN(C(=O)CCN3CCCCO3)CC[C@H]21. The Labute approximate surface area is 150 Å². The lowest BCUT2D eigenvalue weighted by Gasteiger charge is -2.47. The van der Waals surface area contributed by atoms with Gasteiger partial charge in [0.1, 0.15) is 0 Å². The van der Waals surface area contributed by atoms with Gasteiger partial charge in [-0.05, 0) is 38.6 Å². The van der Waals surface area contributed by atoms with E-state index in [0.29, 0.717) is 31.3 Å². The van der Waals surface area contributed by atoms with Gasteiger partial charge in [-0.15, -0.1) is 0 Å². The fourth-order valence-electron chi connectivity index (χ4n) is 4.30. The molecule has 3 fully saturated rings. The Bertz CT molecular complexity index is 467. The van der Waals surface area contributed by atoms with Gasteiger partial charge >= 0.3 is 0 Å². The van der Waals surface area contributed by atoms with Gasteiger partial charge in [0.25, 0.3) is 0 Å². The molecular weight excluding hydrogens is 320 g/mol. The summed E-state index contributed by atoms with van der Waals surface area (Å²) in [7, 11) is 1.92. The Kier molecular flexibility index (Phi) is 6.67. The molecule has 0 radical (unpaired) electrons. The first kappa shape index (κ1) is 18.6. The van der Waals surface area contributed by atoms with Crippen LogP contribution in [0, 0.1) is 5.92 Å². The summed E-state index contributed by atoms with van der Waals surface area (Å²) in [4.78, 5) is 34.5. The molecule has 3 rings (SSSR count). The average Bonchev–Trinajstić information content (AvgIpc) is 2.66. The summed E-state index contributed by atoms with van der Waals surface area (Å²) in [6.45, 7) is 5.57. The second-order valence-corrected chi connectivity index (χ2v) is 7.40. The largest absolute Gasteiger partial charge is 0.342 e. The molecule has 2 atom stereocenters. The molecule has 0 unspecified atom stereocenters. The molecule has 2 amide bonds. The summed E-state index contributed by atoms with van der Waals surface area (Å²) in [6, 6.07) is 0.309. The van der Waals surface area contributed by atoms with Crippen LogP contribution in [-0.4, -0.2) is 85.6 Å². The van der Waals surface area contributed by atoms with E-state index in [9.17, 15) is 9.59 Å². The number of nitrogens with one attached hydrogen (secondary N) is 1. The summed E-state index contributed by atoms with van der Waals surface area (Å²) >= 11 is 0. The molecule has 7 heteroatoms. The summed E-state index contributed by atoms with van der Waals surface area (Å²) in [6.07, 6.45) is 5.24. The van der Waals surface area contributed by atoms with E-state index in [1.807, 2.05) is 21.9 Å². The highest BCUT2D eigenvalue weighted by Gasteiger charge is 2.39. The van der Waals surface area contributed by atoms with Crippen LogP contribution in [0.1, 0.15) is 38.5 Å². The molecule has 1 N–H and O–H groups in total. The summed E-state index contributed by atoms with van der Waals surface area (Å²) in [5, 5.41) is 5.07. The second-order valence-electron chi connectivity index (χ2n) is 7.40. The average molecular weight is 352 g/mol. The highest BCUT2D eigenvalue weighted by molar-refractivity contribution is 5.78. The van der Waals surface area contributed by atoms with E-state index in [4.69, 9.17) is 4.84 Å². The number of piperidine rings is 2. The molecular formula is C18H32N4O3. The first-order valence-electron chi connectivity index (χ1n) is 9.78. The van der Waals surface area contributed by atoms with Crippen molar-refractivity contribution in [3.8, 4) is 0 Å². The first-order valence-corrected chi connectivity index (χ1v) is 9.78. The van der Waals surface area contributed by atoms with Crippen LogP contribution in [0.2, 0.25) is 0 Å². The van der Waals surface area contributed by atoms with E-state index in [1.54, 1.807) is 0 Å². The highest BCUT2D eigenvalue weighted by atomic mass is 16.7. The maximum Gasteiger partial charge on any atom is 0.223 e. The van der Waals surface area contributed by atoms with E-state index in [2.05, 4.69) is 5.32 Å². The third-order valence-electron chi connectivity index (χ3n) is 5.75. The topological polar surface area (TPSA) is 65.1 Å². The third-order valence-corrected chi connectivity index (χ3v) is 5.75. The van der Waals surface area contributed by atoms with Crippen molar-refractivity contribution in [1.82, 2.24) is 20.2 Å². The fraction of sp³-hybridized carbons (Fsp3) is 0.889. The second kappa shape index (κ2) is 8.96. The molecule has 7 nitrogen and oxygen atoms in total. The molecule has 0 aliphatic carbocycles. The van der Waals surface area contributed by atoms with E-state index < -0.39 is 0 Å². The summed E-state index contributed by atoms with van der Waals surface area (Å²) < 4.78 is 0. The maximum atomic E-state index is 12.6. The van der Waals surface area contributed by atoms with Crippen molar-refractivity contribution in [2.24, 2.45) is 5.92 Å². The standard InChI is InChI=1S/C18H32N4O3/c1-19-8-12-22-16-6-10-20(14-15(16)4-5-18(22)24)17(23)7-11-21-9-2-3-13-25-21/h15-16,19H,2-14H2,1H3/t15-,16+/m0/s1. The quantitative estimate of drug-likeness (QED) is 0.753. The molecule has 0 aromatic carbocycles. The van der Waals surface area contributed by atoms with Crippen LogP contribution >= 0.6 is 0 Å². The molecule has 0 bridgehead atoms. The van der Waals surface area contributed by atoms with Gasteiger partial charge in [-0.25, -0.2) is 0 Å². The van der Waals surface area contributed by atoms with E-state index in [-0.39, 0.29) is 11.8 Å². The van der Waals surface area contributed by atoms with Gasteiger partial charge < -0.3 is 15.1 Å². The van der Waals surface area contributed by atoms with Gasteiger partial charge in [0.2, 0.25) is 11.8 Å². The number of nitrogens with zero attached hydrogens (tertiary/aromatic N) is 3. The molecule has 3 aliphatic rings. The normalized spacial score (nSPS) is 28.1. The van der Waals surface area contributed by atoms with Gasteiger partial charge in [-0.1, -0.05) is 0 Å². The maximum absolute atomic E-state index is 12.6. The molecule has 25 heavy (non-hydrogen) atoms. The van der Waals surface area contributed by atoms with Crippen molar-refractivity contribution in [2.45, 2.75) is 44.6 Å². The van der Waals surface area contributed by atoms with Crippen molar-refractivity contribution in [3.63, 3.8) is 0 Å². The predicted octanol–water partition coefficient (Wildman–Crippen LogP) is 0.463. The monoisotopic (exact) mass is 352 g/mol. The van der Waals surface area contributed by atoms with Gasteiger partial charge in [0.05, 0.1) is 6.61 Å². The first-order chi connectivity index (χ1) is 12.2. The number of amides is 2. The summed E-state index contributed by atoms with van der Waals surface area (Å²) in [5.41, 5.74) is 0. The number of hydrogen-bond acceptors (Lipinski definition) is 5. The summed E-state index contributed by atoms with van der Waals surface area (Å²) in [5.74, 6) is 0.934. The van der Waals surface area contributed by atoms with Crippen molar-refractivity contribution in [2.75, 3.05) is 52.9 Å². The van der Waals surface area contributed by atoms with Crippen LogP contribution in [0.3, 0.4) is 0 Å². The lowest BCUT2D eigenvalue weighted by atomic mass is 9.83. The Morgan fingerprint density at radius 3 is 2.88 bits per heavy atom. The van der Waals surface area contributed by atoms with Crippen LogP contribution < -0.4 is 5.32 Å². The number of likely N-dealkylation sites (tertiary alicyclic amines) is 2. The zero-order chi connectivity index (χ0) is 17.6. The zero-order valence-electron chi connectivity index (χ0n) is 15.4. The molecule has 0 saturated carbocycles. The smallest absolute Gasteiger partial charge is 0.223 e. The lowest BCUT2D eigenvalue weighted by Crippen LogP contribution is -2.57. The fourth-order valence-corrected chi connectivity index (χ4v) is 4.30. The van der Waals surface area contributed by atoms with Crippen LogP contribution in [0.4, 0.5) is 0 Å². The molecule has 0 aromatic rings. The predicted molar refractivity (Wildman–Crippen MR) is 94.7 cm³/mol. The molecule has 3 saturated heterocycles. The molecule has 142 valence electrons. The number of likely N-dealkylation sites (N-methyl/N-ethyl adjacent to an activating group) is 1. The number of hydrogen-bond donors (Lipinski definition) is 1. The van der Waals surface area contributed by atoms with Gasteiger partial charge in [0.15, 0.2) is 0 Å².